The van der Waals surface area contributed by atoms with Crippen LogP contribution in [0.5, 0.6) is 5.75 Å². The predicted octanol–water partition coefficient (Wildman–Crippen LogP) is -3.99. The van der Waals surface area contributed by atoms with Crippen molar-refractivity contribution >= 4 is 58.0 Å². The second-order valence-corrected chi connectivity index (χ2v) is 22.0. The lowest BCUT2D eigenvalue weighted by atomic mass is 9.84. The van der Waals surface area contributed by atoms with Crippen molar-refractivity contribution in [2.45, 2.75) is 129 Å². The van der Waals surface area contributed by atoms with E-state index in [0.29, 0.717) is 22.3 Å². The van der Waals surface area contributed by atoms with E-state index in [1.165, 1.54) is 66.0 Å². The average molecular weight is 1150 g/mol. The van der Waals surface area contributed by atoms with E-state index >= 15 is 0 Å². The molecule has 19 atom stereocenters. The number of benzene rings is 3. The number of aromatic carboxylic acids is 1. The lowest BCUT2D eigenvalue weighted by Crippen LogP contribution is -2.68. The summed E-state index contributed by atoms with van der Waals surface area (Å²) < 4.78 is 42.3. The lowest BCUT2D eigenvalue weighted by molar-refractivity contribution is -0.306. The first-order chi connectivity index (χ1) is 37.7. The van der Waals surface area contributed by atoms with Crippen LogP contribution in [0.2, 0.25) is 0 Å². The number of carbonyl (C=O) groups is 3. The van der Waals surface area contributed by atoms with Crippen LogP contribution in [-0.2, 0) is 38.0 Å². The van der Waals surface area contributed by atoms with Gasteiger partial charge in [0.15, 0.2) is 24.3 Å². The van der Waals surface area contributed by atoms with Crippen molar-refractivity contribution in [3.05, 3.63) is 70.4 Å². The van der Waals surface area contributed by atoms with Crippen molar-refractivity contribution in [1.82, 2.24) is 5.32 Å². The van der Waals surface area contributed by atoms with Gasteiger partial charge in [-0.15, -0.1) is 0 Å². The number of aliphatic hydroxyl groups excluding tert-OH is 6. The summed E-state index contributed by atoms with van der Waals surface area (Å²) in [7, 11) is 0. The molecule has 29 heteroatoms. The molecular weight excluding hydrogens is 1080 g/mol. The Labute approximate surface area is 459 Å². The molecule has 4 heterocycles. The number of anilines is 1. The Bertz CT molecular complexity index is 2790. The van der Waals surface area contributed by atoms with Crippen LogP contribution in [0.4, 0.5) is 5.69 Å². The van der Waals surface area contributed by atoms with Crippen LogP contribution in [0.3, 0.4) is 0 Å². The summed E-state index contributed by atoms with van der Waals surface area (Å²) >= 11 is 2.47. The normalized spacial score (nSPS) is 33.9. The highest BCUT2D eigenvalue weighted by Crippen LogP contribution is 2.43. The number of thioether (sulfide) groups is 2. The molecular formula is C50H68N8O19S2. The van der Waals surface area contributed by atoms with Gasteiger partial charge in [-0.1, -0.05) is 6.07 Å². The van der Waals surface area contributed by atoms with E-state index in [-0.39, 0.29) is 95.0 Å². The Hall–Kier alpha value is -4.68. The number of amides is 2. The fraction of sp³-hybridized carbons (Fsp3) is 0.560. The quantitative estimate of drug-likeness (QED) is 0.0279. The zero-order valence-corrected chi connectivity index (χ0v) is 44.0. The molecule has 4 fully saturated rings. The number of phenols is 1. The molecule has 0 spiro atoms. The summed E-state index contributed by atoms with van der Waals surface area (Å²) in [6.07, 6.45) is -20.3. The van der Waals surface area contributed by atoms with E-state index in [4.69, 9.17) is 67.2 Å². The zero-order valence-electron chi connectivity index (χ0n) is 42.4. The number of carbonyl (C=O) groups excluding carboxylic acids is 2. The second kappa shape index (κ2) is 26.5. The van der Waals surface area contributed by atoms with Crippen LogP contribution in [0.25, 0.3) is 33.4 Å². The first-order valence-corrected chi connectivity index (χ1v) is 27.7. The monoisotopic (exact) mass is 1150 g/mol. The van der Waals surface area contributed by atoms with Gasteiger partial charge in [-0.3, -0.25) is 14.4 Å². The van der Waals surface area contributed by atoms with E-state index < -0.39 is 128 Å². The maximum Gasteiger partial charge on any atom is 0.336 e. The first-order valence-electron chi connectivity index (χ1n) is 25.4. The highest BCUT2D eigenvalue weighted by Gasteiger charge is 2.54. The fourth-order valence-electron chi connectivity index (χ4n) is 9.97. The number of ether oxygens (including phenoxy) is 6. The van der Waals surface area contributed by atoms with Crippen LogP contribution >= 0.6 is 23.5 Å². The fourth-order valence-corrected chi connectivity index (χ4v) is 11.6. The Kier molecular flexibility index (Phi) is 20.3. The number of aliphatic hydroxyl groups is 6. The minimum atomic E-state index is -1.63. The summed E-state index contributed by atoms with van der Waals surface area (Å²) in [5.41, 5.74) is 37.8. The Morgan fingerprint density at radius 1 is 0.658 bits per heavy atom. The van der Waals surface area contributed by atoms with Crippen LogP contribution < -0.4 is 50.5 Å². The van der Waals surface area contributed by atoms with Gasteiger partial charge in [-0.05, 0) is 48.4 Å². The Morgan fingerprint density at radius 3 is 1.95 bits per heavy atom. The smallest absolute Gasteiger partial charge is 0.336 e. The van der Waals surface area contributed by atoms with Gasteiger partial charge in [0.2, 0.25) is 11.8 Å². The lowest BCUT2D eigenvalue weighted by Gasteiger charge is -2.47. The van der Waals surface area contributed by atoms with Gasteiger partial charge in [0.1, 0.15) is 78.1 Å². The minimum Gasteiger partial charge on any atom is -0.508 e. The van der Waals surface area contributed by atoms with Gasteiger partial charge in [0.05, 0.1) is 35.6 Å². The van der Waals surface area contributed by atoms with E-state index in [2.05, 4.69) is 10.6 Å². The number of hydrogen-bond acceptors (Lipinski definition) is 26. The SMILES string of the molecule is NCC1O[C@H](O[C@@H]2C(N)C[C@@H](N)C(O)C2OC2OC(CSCCNC(=O)CCSCC(=O)Nc3ccc(-c4c5ccc(=O)cc-5oc5cc(O)ccc45)c(C(=O)O)c3)C(O[C@H]3OC(CN)[C@@H](O)C(O)C3N)C2O)C(N)C(O)[C@@H]1O. The number of hydrogen-bond donors (Lipinski definition) is 16. The van der Waals surface area contributed by atoms with Crippen LogP contribution in [0.1, 0.15) is 23.2 Å². The maximum atomic E-state index is 13.0. The highest BCUT2D eigenvalue weighted by molar-refractivity contribution is 8.00. The Balaban J connectivity index is 0.843. The topological polar surface area (TPSA) is 479 Å². The van der Waals surface area contributed by atoms with E-state index in [1.54, 1.807) is 12.1 Å². The summed E-state index contributed by atoms with van der Waals surface area (Å²) in [6.45, 7) is -0.222. The van der Waals surface area contributed by atoms with Crippen LogP contribution in [-0.4, -0.2) is 218 Å². The van der Waals surface area contributed by atoms with E-state index in [9.17, 15) is 60.0 Å². The molecule has 1 saturated carbocycles. The van der Waals surface area contributed by atoms with Crippen molar-refractivity contribution < 1.29 is 88.1 Å². The summed E-state index contributed by atoms with van der Waals surface area (Å²) in [4.78, 5) is 50.7. The molecule has 2 aliphatic carbocycles. The summed E-state index contributed by atoms with van der Waals surface area (Å²) in [6, 6.07) is 8.47. The standard InChI is InChI=1S/C50H68N8O19S2/c51-15-30-39(64)41(66)36(55)48(72-30)75-44-27(54)14-26(53)38(63)46(44)77-50-43(68)45(76-49-37(56)42(67)40(65)31(16-52)73-49)32(74-50)17-79-10-8-57-33(61)7-9-78-18-34(62)58-19-1-4-22(25(11-19)47(69)70)35-23-5-2-20(59)12-28(23)71-29-13-21(60)3-6-24(29)35/h1-6,11-13,26-27,30-32,36-46,48-50,59,63-68H,7-10,14-18,51-56H2,(H,57,61)(H,58,62)(H,69,70)/t26-,27?,30?,31?,32?,36?,37?,38?,39-,40-,41?,42?,43?,44-,45?,46?,48-,49-,50?/m1/s1. The molecule has 2 aromatic rings. The van der Waals surface area contributed by atoms with Gasteiger partial charge in [0, 0.05) is 89.7 Å². The van der Waals surface area contributed by atoms with E-state index in [1.807, 2.05) is 0 Å². The molecule has 22 N–H and O–H groups in total. The van der Waals surface area contributed by atoms with Crippen molar-refractivity contribution in [3.8, 4) is 28.2 Å². The number of phenolic OH excluding ortho intramolecular Hbond substituents is 1. The van der Waals surface area contributed by atoms with Crippen LogP contribution in [0.15, 0.2) is 63.8 Å². The van der Waals surface area contributed by atoms with Crippen molar-refractivity contribution in [2.75, 3.05) is 48.0 Å². The zero-order chi connectivity index (χ0) is 57.0. The number of nitrogens with two attached hydrogens (primary N) is 6. The number of aromatic hydroxyl groups is 1. The number of nitrogens with one attached hydrogen (secondary N) is 2. The predicted molar refractivity (Wildman–Crippen MR) is 285 cm³/mol. The minimum absolute atomic E-state index is 0.0420. The number of carboxylic acids is 1. The highest BCUT2D eigenvalue weighted by atomic mass is 32.2. The molecule has 0 radical (unpaired) electrons. The van der Waals surface area contributed by atoms with Crippen molar-refractivity contribution in [2.24, 2.45) is 34.4 Å². The molecule has 8 rings (SSSR count). The van der Waals surface area contributed by atoms with Crippen LogP contribution in [0, 0.1) is 0 Å². The summed E-state index contributed by atoms with van der Waals surface area (Å²) in [5, 5.41) is 91.8. The molecule has 0 bridgehead atoms. The molecule has 79 heavy (non-hydrogen) atoms. The molecule has 2 amide bonds. The molecule has 27 nitrogen and oxygen atoms in total. The molecule has 434 valence electrons. The van der Waals surface area contributed by atoms with Gasteiger partial charge < -0.3 is 119 Å². The molecule has 6 aliphatic rings. The third-order valence-corrected chi connectivity index (χ3v) is 16.2. The third-order valence-electron chi connectivity index (χ3n) is 14.2. The number of rotatable bonds is 21. The average Bonchev–Trinajstić information content (AvgIpc) is 3.87. The van der Waals surface area contributed by atoms with Crippen molar-refractivity contribution in [1.29, 1.82) is 0 Å². The molecule has 0 aromatic heterocycles. The maximum absolute atomic E-state index is 13.0. The second-order valence-electron chi connectivity index (χ2n) is 19.7. The largest absolute Gasteiger partial charge is 0.508 e. The first kappa shape index (κ1) is 60.4. The van der Waals surface area contributed by atoms with Gasteiger partial charge in [-0.2, -0.15) is 23.5 Å². The van der Waals surface area contributed by atoms with Gasteiger partial charge in [0.25, 0.3) is 0 Å². The molecule has 4 aliphatic heterocycles. The van der Waals surface area contributed by atoms with Crippen molar-refractivity contribution in [3.63, 3.8) is 0 Å². The third kappa shape index (κ3) is 13.6. The van der Waals surface area contributed by atoms with Gasteiger partial charge >= 0.3 is 5.97 Å². The van der Waals surface area contributed by atoms with E-state index in [0.717, 1.165) is 0 Å². The number of carboxylic acid groups (broad SMARTS) is 1. The Morgan fingerprint density at radius 2 is 1.29 bits per heavy atom. The summed E-state index contributed by atoms with van der Waals surface area (Å²) in [5.74, 6) is -1.31. The molecule has 13 unspecified atom stereocenters. The number of fused-ring (bicyclic) bond motifs is 2. The van der Waals surface area contributed by atoms with Gasteiger partial charge in [-0.25, -0.2) is 4.79 Å². The molecule has 3 saturated heterocycles. The molecule has 2 aromatic carbocycles.